The van der Waals surface area contributed by atoms with Gasteiger partial charge < -0.3 is 18.9 Å². The van der Waals surface area contributed by atoms with Crippen molar-refractivity contribution >= 4 is 35.0 Å². The lowest BCUT2D eigenvalue weighted by atomic mass is 10.0. The number of rotatable bonds is 8. The van der Waals surface area contributed by atoms with Crippen molar-refractivity contribution < 1.29 is 33.3 Å². The molecule has 2 amide bonds. The molecular weight excluding hydrogens is 482 g/mol. The quantitative estimate of drug-likeness (QED) is 0.242. The Balaban J connectivity index is 1.71. The van der Waals surface area contributed by atoms with E-state index in [0.29, 0.717) is 39.0 Å². The van der Waals surface area contributed by atoms with Gasteiger partial charge >= 0.3 is 5.97 Å². The molecule has 0 atom stereocenters. The zero-order valence-corrected chi connectivity index (χ0v) is 20.2. The fourth-order valence-corrected chi connectivity index (χ4v) is 4.08. The molecule has 0 radical (unpaired) electrons. The molecule has 1 N–H and O–H groups in total. The molecule has 0 unspecified atom stereocenters. The van der Waals surface area contributed by atoms with Gasteiger partial charge in [0.15, 0.2) is 0 Å². The van der Waals surface area contributed by atoms with Crippen molar-refractivity contribution in [2.24, 2.45) is 0 Å². The van der Waals surface area contributed by atoms with E-state index in [1.807, 2.05) is 0 Å². The highest BCUT2D eigenvalue weighted by molar-refractivity contribution is 8.18. The summed E-state index contributed by atoms with van der Waals surface area (Å²) >= 11 is 0.850. The number of carbonyl (C=O) groups excluding carboxylic acids is 3. The van der Waals surface area contributed by atoms with Crippen LogP contribution in [-0.4, -0.2) is 31.3 Å². The molecule has 0 bridgehead atoms. The van der Waals surface area contributed by atoms with Crippen molar-refractivity contribution in [3.8, 4) is 39.9 Å². The summed E-state index contributed by atoms with van der Waals surface area (Å²) in [6.07, 6.45) is 2.70. The smallest absolute Gasteiger partial charge is 0.335 e. The van der Waals surface area contributed by atoms with Crippen molar-refractivity contribution in [3.05, 3.63) is 83.8 Å². The number of amides is 2. The van der Waals surface area contributed by atoms with Crippen LogP contribution >= 0.6 is 11.8 Å². The first kappa shape index (κ1) is 24.6. The van der Waals surface area contributed by atoms with Crippen LogP contribution in [0.3, 0.4) is 0 Å². The molecule has 0 aliphatic carbocycles. The van der Waals surface area contributed by atoms with Crippen molar-refractivity contribution in [1.82, 2.24) is 5.32 Å². The molecule has 9 heteroatoms. The second kappa shape index (κ2) is 10.8. The maximum atomic E-state index is 12.0. The van der Waals surface area contributed by atoms with E-state index in [1.54, 1.807) is 81.0 Å². The Kier molecular flexibility index (Phi) is 7.41. The molecule has 1 saturated heterocycles. The van der Waals surface area contributed by atoms with Crippen LogP contribution in [0, 0.1) is 0 Å². The Bertz CT molecular complexity index is 1360. The first-order chi connectivity index (χ1) is 17.4. The maximum absolute atomic E-state index is 12.0. The van der Waals surface area contributed by atoms with Gasteiger partial charge in [-0.2, -0.15) is 0 Å². The number of ether oxygens (including phenoxy) is 4. The minimum Gasteiger partial charge on any atom is -0.497 e. The van der Waals surface area contributed by atoms with Crippen molar-refractivity contribution in [2.75, 3.05) is 14.2 Å². The molecule has 4 rings (SSSR count). The maximum Gasteiger partial charge on any atom is 0.335 e. The lowest BCUT2D eigenvalue weighted by Crippen LogP contribution is -2.17. The van der Waals surface area contributed by atoms with Gasteiger partial charge in [0, 0.05) is 12.1 Å². The monoisotopic (exact) mass is 503 g/mol. The minimum atomic E-state index is -0.618. The highest BCUT2D eigenvalue weighted by atomic mass is 32.2. The molecule has 182 valence electrons. The first-order valence-electron chi connectivity index (χ1n) is 10.6. The number of esters is 1. The van der Waals surface area contributed by atoms with Gasteiger partial charge in [-0.3, -0.25) is 14.9 Å². The average molecular weight is 504 g/mol. The number of benzene rings is 3. The van der Waals surface area contributed by atoms with Crippen LogP contribution < -0.4 is 24.3 Å². The van der Waals surface area contributed by atoms with E-state index in [1.165, 1.54) is 0 Å². The molecule has 1 heterocycles. The van der Waals surface area contributed by atoms with E-state index in [-0.39, 0.29) is 5.75 Å². The molecule has 1 fully saturated rings. The molecule has 1 aliphatic heterocycles. The third-order valence-corrected chi connectivity index (χ3v) is 5.86. The lowest BCUT2D eigenvalue weighted by molar-refractivity contribution is -0.128. The van der Waals surface area contributed by atoms with E-state index >= 15 is 0 Å². The third-order valence-electron chi connectivity index (χ3n) is 5.05. The minimum absolute atomic E-state index is 0.267. The summed E-state index contributed by atoms with van der Waals surface area (Å²) in [5, 5.41) is 1.83. The first-order valence-corrected chi connectivity index (χ1v) is 11.5. The van der Waals surface area contributed by atoms with Gasteiger partial charge in [0.2, 0.25) is 0 Å². The van der Waals surface area contributed by atoms with Crippen LogP contribution in [0.25, 0.3) is 17.2 Å². The predicted molar refractivity (Wildman–Crippen MR) is 136 cm³/mol. The molecule has 1 aliphatic rings. The van der Waals surface area contributed by atoms with E-state index in [4.69, 9.17) is 18.9 Å². The topological polar surface area (TPSA) is 100 Å². The summed E-state index contributed by atoms with van der Waals surface area (Å²) in [5.41, 5.74) is 1.87. The van der Waals surface area contributed by atoms with Crippen LogP contribution in [0.2, 0.25) is 0 Å². The second-order valence-corrected chi connectivity index (χ2v) is 8.39. The predicted octanol–water partition coefficient (Wildman–Crippen LogP) is 5.58. The second-order valence-electron chi connectivity index (χ2n) is 7.38. The Morgan fingerprint density at radius 1 is 0.917 bits per heavy atom. The zero-order valence-electron chi connectivity index (χ0n) is 19.4. The van der Waals surface area contributed by atoms with Gasteiger partial charge in [0.05, 0.1) is 24.7 Å². The van der Waals surface area contributed by atoms with Gasteiger partial charge in [-0.05, 0) is 65.4 Å². The van der Waals surface area contributed by atoms with Crippen LogP contribution in [0.1, 0.15) is 5.56 Å². The van der Waals surface area contributed by atoms with Gasteiger partial charge in [-0.15, -0.1) is 0 Å². The van der Waals surface area contributed by atoms with E-state index in [9.17, 15) is 14.4 Å². The fraction of sp³-hybridized carbons (Fsp3) is 0.0741. The number of carbonyl (C=O) groups is 3. The third kappa shape index (κ3) is 5.59. The lowest BCUT2D eigenvalue weighted by Gasteiger charge is -2.17. The van der Waals surface area contributed by atoms with Crippen LogP contribution in [0.4, 0.5) is 4.79 Å². The molecule has 0 aromatic heterocycles. The summed E-state index contributed by atoms with van der Waals surface area (Å²) < 4.78 is 22.5. The van der Waals surface area contributed by atoms with Crippen molar-refractivity contribution in [2.45, 2.75) is 0 Å². The number of methoxy groups -OCH3 is 2. The van der Waals surface area contributed by atoms with Crippen LogP contribution in [0.15, 0.2) is 78.2 Å². The molecule has 8 nitrogen and oxygen atoms in total. The Hall–Kier alpha value is -4.50. The standard InChI is InChI=1S/C27H21NO7S/c1-4-24(29)35-22-7-5-6-21(25(22)17-13-19(32-2)15-20(14-17)33-3)34-18-10-8-16(9-11-18)12-23-26(30)28-27(31)36-23/h4-15H,1H2,2-3H3,(H,28,30,31)/b23-12+. The fourth-order valence-electron chi connectivity index (χ4n) is 3.40. The average Bonchev–Trinajstić information content (AvgIpc) is 3.20. The number of nitrogens with one attached hydrogen (secondary N) is 1. The summed E-state index contributed by atoms with van der Waals surface area (Å²) in [4.78, 5) is 35.5. The molecule has 0 spiro atoms. The van der Waals surface area contributed by atoms with Gasteiger partial charge in [-0.25, -0.2) is 4.79 Å². The molecule has 36 heavy (non-hydrogen) atoms. The summed E-state index contributed by atoms with van der Waals surface area (Å²) in [6.45, 7) is 3.46. The zero-order chi connectivity index (χ0) is 25.7. The number of hydrogen-bond acceptors (Lipinski definition) is 8. The highest BCUT2D eigenvalue weighted by Crippen LogP contribution is 2.43. The summed E-state index contributed by atoms with van der Waals surface area (Å²) in [5.74, 6) is 1.24. The SMILES string of the molecule is C=CC(=O)Oc1cccc(Oc2ccc(/C=C3/SC(=O)NC3=O)cc2)c1-c1cc(OC)cc(OC)c1. The molecule has 3 aromatic rings. The number of imide groups is 1. The highest BCUT2D eigenvalue weighted by Gasteiger charge is 2.25. The van der Waals surface area contributed by atoms with E-state index in [0.717, 1.165) is 23.4 Å². The van der Waals surface area contributed by atoms with Crippen LogP contribution in [0.5, 0.6) is 28.7 Å². The van der Waals surface area contributed by atoms with Crippen molar-refractivity contribution in [1.29, 1.82) is 0 Å². The number of thioether (sulfide) groups is 1. The Morgan fingerprint density at radius 2 is 1.58 bits per heavy atom. The summed E-state index contributed by atoms with van der Waals surface area (Å²) in [6, 6.07) is 17.3. The van der Waals surface area contributed by atoms with Crippen LogP contribution in [-0.2, 0) is 9.59 Å². The van der Waals surface area contributed by atoms with E-state index < -0.39 is 17.1 Å². The van der Waals surface area contributed by atoms with Gasteiger partial charge in [0.25, 0.3) is 11.1 Å². The Morgan fingerprint density at radius 3 is 2.17 bits per heavy atom. The molecule has 0 saturated carbocycles. The Labute approximate surface area is 211 Å². The van der Waals surface area contributed by atoms with E-state index in [2.05, 4.69) is 11.9 Å². The van der Waals surface area contributed by atoms with Crippen molar-refractivity contribution in [3.63, 3.8) is 0 Å². The summed E-state index contributed by atoms with van der Waals surface area (Å²) in [7, 11) is 3.08. The molecule has 3 aromatic carbocycles. The number of hydrogen-bond donors (Lipinski definition) is 1. The molecular formula is C27H21NO7S. The normalized spacial score (nSPS) is 13.8. The van der Waals surface area contributed by atoms with Gasteiger partial charge in [-0.1, -0.05) is 24.8 Å². The largest absolute Gasteiger partial charge is 0.497 e. The van der Waals surface area contributed by atoms with Gasteiger partial charge in [0.1, 0.15) is 28.7 Å².